The minimum atomic E-state index is -0.917. The molecule has 5 heteroatoms. The molecule has 1 aliphatic rings. The molecular weight excluding hydrogens is 250 g/mol. The van der Waals surface area contributed by atoms with E-state index in [0.29, 0.717) is 24.2 Å². The number of benzene rings is 1. The van der Waals surface area contributed by atoms with Gasteiger partial charge in [-0.2, -0.15) is 0 Å². The first-order valence-corrected chi connectivity index (χ1v) is 6.58. The van der Waals surface area contributed by atoms with E-state index in [1.54, 1.807) is 0 Å². The van der Waals surface area contributed by atoms with Crippen molar-refractivity contribution in [3.8, 4) is 5.75 Å². The SMILES string of the molecule is CC(CNCc1cc(F)c(O)c(F)c1)N(C)C1CC1. The van der Waals surface area contributed by atoms with Gasteiger partial charge in [0.15, 0.2) is 17.4 Å². The van der Waals surface area contributed by atoms with Crippen molar-refractivity contribution in [3.63, 3.8) is 0 Å². The van der Waals surface area contributed by atoms with Crippen LogP contribution >= 0.6 is 0 Å². The molecule has 0 bridgehead atoms. The zero-order valence-corrected chi connectivity index (χ0v) is 11.3. The second-order valence-electron chi connectivity index (χ2n) is 5.28. The van der Waals surface area contributed by atoms with E-state index in [2.05, 4.69) is 24.2 Å². The predicted molar refractivity (Wildman–Crippen MR) is 70.0 cm³/mol. The number of hydrogen-bond donors (Lipinski definition) is 2. The summed E-state index contributed by atoms with van der Waals surface area (Å²) in [5.41, 5.74) is 0.495. The number of rotatable bonds is 6. The van der Waals surface area contributed by atoms with E-state index in [1.165, 1.54) is 12.8 Å². The summed E-state index contributed by atoms with van der Waals surface area (Å²) in [6, 6.07) is 3.39. The summed E-state index contributed by atoms with van der Waals surface area (Å²) in [6.07, 6.45) is 2.52. The van der Waals surface area contributed by atoms with Crippen molar-refractivity contribution >= 4 is 0 Å². The second kappa shape index (κ2) is 5.84. The summed E-state index contributed by atoms with van der Waals surface area (Å²) >= 11 is 0. The Balaban J connectivity index is 1.82. The molecule has 0 amide bonds. The lowest BCUT2D eigenvalue weighted by Gasteiger charge is -2.24. The average molecular weight is 270 g/mol. The highest BCUT2D eigenvalue weighted by Gasteiger charge is 2.28. The van der Waals surface area contributed by atoms with Crippen molar-refractivity contribution in [2.45, 2.75) is 38.4 Å². The second-order valence-corrected chi connectivity index (χ2v) is 5.28. The van der Waals surface area contributed by atoms with Crippen LogP contribution in [0, 0.1) is 11.6 Å². The molecule has 0 aliphatic heterocycles. The molecule has 0 heterocycles. The fraction of sp³-hybridized carbons (Fsp3) is 0.571. The van der Waals surface area contributed by atoms with Crippen molar-refractivity contribution in [1.82, 2.24) is 10.2 Å². The molecule has 0 radical (unpaired) electrons. The molecular formula is C14H20F2N2O. The molecule has 2 N–H and O–H groups in total. The average Bonchev–Trinajstić information content (AvgIpc) is 3.19. The van der Waals surface area contributed by atoms with Crippen LogP contribution in [0.15, 0.2) is 12.1 Å². The van der Waals surface area contributed by atoms with Gasteiger partial charge < -0.3 is 10.4 Å². The number of nitrogens with zero attached hydrogens (tertiary/aromatic N) is 1. The molecule has 1 atom stereocenters. The Morgan fingerprint density at radius 2 is 1.95 bits per heavy atom. The van der Waals surface area contributed by atoms with Gasteiger partial charge in [0.25, 0.3) is 0 Å². The highest BCUT2D eigenvalue weighted by atomic mass is 19.1. The zero-order valence-electron chi connectivity index (χ0n) is 11.3. The van der Waals surface area contributed by atoms with Crippen LogP contribution in [0.1, 0.15) is 25.3 Å². The Morgan fingerprint density at radius 1 is 1.37 bits per heavy atom. The van der Waals surface area contributed by atoms with Crippen LogP contribution in [-0.4, -0.2) is 35.7 Å². The van der Waals surface area contributed by atoms with Gasteiger partial charge in [-0.3, -0.25) is 4.90 Å². The Labute approximate surface area is 112 Å². The molecule has 1 aromatic carbocycles. The molecule has 1 aliphatic carbocycles. The molecule has 106 valence electrons. The van der Waals surface area contributed by atoms with Gasteiger partial charge in [0.05, 0.1) is 0 Å². The summed E-state index contributed by atoms with van der Waals surface area (Å²) in [5.74, 6) is -2.74. The van der Waals surface area contributed by atoms with Crippen LogP contribution in [0.5, 0.6) is 5.75 Å². The summed E-state index contributed by atoms with van der Waals surface area (Å²) in [5, 5.41) is 12.2. The fourth-order valence-corrected chi connectivity index (χ4v) is 2.13. The quantitative estimate of drug-likeness (QED) is 0.832. The minimum Gasteiger partial charge on any atom is -0.503 e. The Bertz CT molecular complexity index is 426. The third-order valence-corrected chi connectivity index (χ3v) is 3.66. The van der Waals surface area contributed by atoms with E-state index in [0.717, 1.165) is 18.7 Å². The van der Waals surface area contributed by atoms with Gasteiger partial charge in [0.1, 0.15) is 0 Å². The Kier molecular flexibility index (Phi) is 4.37. The van der Waals surface area contributed by atoms with E-state index in [4.69, 9.17) is 5.11 Å². The maximum atomic E-state index is 13.1. The highest BCUT2D eigenvalue weighted by Crippen LogP contribution is 2.26. The third-order valence-electron chi connectivity index (χ3n) is 3.66. The fourth-order valence-electron chi connectivity index (χ4n) is 2.13. The number of phenols is 1. The summed E-state index contributed by atoms with van der Waals surface area (Å²) < 4.78 is 26.3. The van der Waals surface area contributed by atoms with Crippen molar-refractivity contribution in [3.05, 3.63) is 29.3 Å². The molecule has 2 rings (SSSR count). The Morgan fingerprint density at radius 3 is 2.47 bits per heavy atom. The summed E-state index contributed by atoms with van der Waals surface area (Å²) in [7, 11) is 2.10. The van der Waals surface area contributed by atoms with E-state index < -0.39 is 17.4 Å². The van der Waals surface area contributed by atoms with Crippen LogP contribution in [0.4, 0.5) is 8.78 Å². The maximum absolute atomic E-state index is 13.1. The molecule has 19 heavy (non-hydrogen) atoms. The van der Waals surface area contributed by atoms with Crippen molar-refractivity contribution < 1.29 is 13.9 Å². The lowest BCUT2D eigenvalue weighted by atomic mass is 10.2. The van der Waals surface area contributed by atoms with Gasteiger partial charge in [-0.05, 0) is 44.5 Å². The third kappa shape index (κ3) is 3.64. The van der Waals surface area contributed by atoms with Crippen LogP contribution in [0.3, 0.4) is 0 Å². The monoisotopic (exact) mass is 270 g/mol. The van der Waals surface area contributed by atoms with Gasteiger partial charge in [-0.15, -0.1) is 0 Å². The molecule has 1 unspecified atom stereocenters. The van der Waals surface area contributed by atoms with Gasteiger partial charge in [0.2, 0.25) is 0 Å². The molecule has 0 aromatic heterocycles. The number of hydrogen-bond acceptors (Lipinski definition) is 3. The number of halogens is 2. The Hall–Kier alpha value is -1.20. The number of phenolic OH excluding ortho intramolecular Hbond substituents is 1. The van der Waals surface area contributed by atoms with Gasteiger partial charge in [0, 0.05) is 25.2 Å². The van der Waals surface area contributed by atoms with Crippen LogP contribution in [0.25, 0.3) is 0 Å². The zero-order chi connectivity index (χ0) is 14.0. The maximum Gasteiger partial charge on any atom is 0.187 e. The molecule has 1 saturated carbocycles. The molecule has 0 saturated heterocycles. The van der Waals surface area contributed by atoms with Crippen molar-refractivity contribution in [2.75, 3.05) is 13.6 Å². The highest BCUT2D eigenvalue weighted by molar-refractivity contribution is 5.29. The van der Waals surface area contributed by atoms with E-state index in [9.17, 15) is 8.78 Å². The van der Waals surface area contributed by atoms with Gasteiger partial charge in [-0.1, -0.05) is 0 Å². The van der Waals surface area contributed by atoms with Gasteiger partial charge in [-0.25, -0.2) is 8.78 Å². The summed E-state index contributed by atoms with van der Waals surface area (Å²) in [6.45, 7) is 3.28. The van der Waals surface area contributed by atoms with Gasteiger partial charge >= 0.3 is 0 Å². The lowest BCUT2D eigenvalue weighted by molar-refractivity contribution is 0.241. The number of likely N-dealkylation sites (N-methyl/N-ethyl adjacent to an activating group) is 1. The number of nitrogens with one attached hydrogen (secondary N) is 1. The summed E-state index contributed by atoms with van der Waals surface area (Å²) in [4.78, 5) is 2.32. The molecule has 0 spiro atoms. The lowest BCUT2D eigenvalue weighted by Crippen LogP contribution is -2.38. The van der Waals surface area contributed by atoms with Crippen molar-refractivity contribution in [2.24, 2.45) is 0 Å². The minimum absolute atomic E-state index is 0.386. The largest absolute Gasteiger partial charge is 0.503 e. The molecule has 3 nitrogen and oxygen atoms in total. The number of aromatic hydroxyl groups is 1. The molecule has 1 aromatic rings. The van der Waals surface area contributed by atoms with Crippen LogP contribution in [0.2, 0.25) is 0 Å². The van der Waals surface area contributed by atoms with E-state index in [1.807, 2.05) is 0 Å². The first kappa shape index (κ1) is 14.2. The first-order chi connectivity index (χ1) is 8.99. The standard InChI is InChI=1S/C14H20F2N2O/c1-9(18(2)11-3-4-11)7-17-8-10-5-12(15)14(19)13(16)6-10/h5-6,9,11,17,19H,3-4,7-8H2,1-2H3. The topological polar surface area (TPSA) is 35.5 Å². The smallest absolute Gasteiger partial charge is 0.187 e. The molecule has 1 fully saturated rings. The van der Waals surface area contributed by atoms with E-state index >= 15 is 0 Å². The van der Waals surface area contributed by atoms with Crippen LogP contribution in [-0.2, 0) is 6.54 Å². The normalized spacial score (nSPS) is 16.9. The first-order valence-electron chi connectivity index (χ1n) is 6.58. The predicted octanol–water partition coefficient (Wildman–Crippen LogP) is 2.24. The van der Waals surface area contributed by atoms with E-state index in [-0.39, 0.29) is 0 Å². The van der Waals surface area contributed by atoms with Crippen molar-refractivity contribution in [1.29, 1.82) is 0 Å². The van der Waals surface area contributed by atoms with Crippen LogP contribution < -0.4 is 5.32 Å².